The summed E-state index contributed by atoms with van der Waals surface area (Å²) in [6, 6.07) is 0. The first kappa shape index (κ1) is 17.0. The molecule has 0 aliphatic carbocycles. The minimum absolute atomic E-state index is 0.249. The Balaban J connectivity index is 1.88. The molecule has 0 radical (unpaired) electrons. The molecule has 2 rings (SSSR count). The normalized spacial score (nSPS) is 51.9. The van der Waals surface area contributed by atoms with E-state index in [-0.39, 0.29) is 13.2 Å². The zero-order valence-corrected chi connectivity index (χ0v) is 11.0. The van der Waals surface area contributed by atoms with Crippen LogP contribution < -0.4 is 0 Å². The van der Waals surface area contributed by atoms with Crippen molar-refractivity contribution in [2.24, 2.45) is 0 Å². The van der Waals surface area contributed by atoms with Crippen LogP contribution in [0.3, 0.4) is 0 Å². The molecule has 21 heavy (non-hydrogen) atoms. The van der Waals surface area contributed by atoms with Gasteiger partial charge in [0.15, 0.2) is 12.6 Å². The number of hydrogen-bond donors (Lipinski definition) is 7. The van der Waals surface area contributed by atoms with Crippen LogP contribution in [0.15, 0.2) is 0 Å². The summed E-state index contributed by atoms with van der Waals surface area (Å²) in [5, 5.41) is 66.2. The summed E-state index contributed by atoms with van der Waals surface area (Å²) in [7, 11) is 0. The van der Waals surface area contributed by atoms with Crippen molar-refractivity contribution in [2.45, 2.75) is 55.3 Å². The summed E-state index contributed by atoms with van der Waals surface area (Å²) < 4.78 is 15.0. The Kier molecular flexibility index (Phi) is 5.48. The van der Waals surface area contributed by atoms with Gasteiger partial charge in [-0.1, -0.05) is 0 Å². The summed E-state index contributed by atoms with van der Waals surface area (Å²) in [5.41, 5.74) is 0. The maximum Gasteiger partial charge on any atom is 0.186 e. The van der Waals surface area contributed by atoms with Crippen molar-refractivity contribution in [1.29, 1.82) is 0 Å². The molecular formula is C11H20O10. The van der Waals surface area contributed by atoms with Gasteiger partial charge in [0.2, 0.25) is 0 Å². The van der Waals surface area contributed by atoms with Crippen molar-refractivity contribution in [3.8, 4) is 0 Å². The molecule has 7 N–H and O–H groups in total. The summed E-state index contributed by atoms with van der Waals surface area (Å²) >= 11 is 0. The molecule has 0 aromatic carbocycles. The van der Waals surface area contributed by atoms with Gasteiger partial charge in [0.1, 0.15) is 42.7 Å². The standard InChI is InChI=1S/C11H20O10/c12-3-1-19-11(9(17)5(3)13)20-2-4-6(14)7(15)8(16)10(18)21-4/h3-18H,1-2H2/t3-,4-,5-,6-,7+,8-,9+,10-,11-/m1/s1. The molecule has 0 saturated carbocycles. The maximum atomic E-state index is 9.70. The Morgan fingerprint density at radius 2 is 1.48 bits per heavy atom. The molecule has 10 nitrogen and oxygen atoms in total. The van der Waals surface area contributed by atoms with Gasteiger partial charge < -0.3 is 50.0 Å². The predicted molar refractivity (Wildman–Crippen MR) is 62.6 cm³/mol. The van der Waals surface area contributed by atoms with Gasteiger partial charge in [-0.25, -0.2) is 0 Å². The van der Waals surface area contributed by atoms with Crippen LogP contribution in [0.2, 0.25) is 0 Å². The van der Waals surface area contributed by atoms with E-state index in [1.807, 2.05) is 0 Å². The van der Waals surface area contributed by atoms with E-state index < -0.39 is 55.3 Å². The van der Waals surface area contributed by atoms with E-state index >= 15 is 0 Å². The van der Waals surface area contributed by atoms with Crippen LogP contribution in [0.5, 0.6) is 0 Å². The lowest BCUT2D eigenvalue weighted by molar-refractivity contribution is -0.312. The van der Waals surface area contributed by atoms with Crippen LogP contribution in [-0.4, -0.2) is 104 Å². The number of aliphatic hydroxyl groups is 7. The molecular weight excluding hydrogens is 292 g/mol. The fourth-order valence-corrected chi connectivity index (χ4v) is 2.18. The Labute approximate surface area is 119 Å². The number of hydrogen-bond acceptors (Lipinski definition) is 10. The van der Waals surface area contributed by atoms with Gasteiger partial charge >= 0.3 is 0 Å². The smallest absolute Gasteiger partial charge is 0.186 e. The van der Waals surface area contributed by atoms with Crippen molar-refractivity contribution in [1.82, 2.24) is 0 Å². The monoisotopic (exact) mass is 312 g/mol. The first-order valence-electron chi connectivity index (χ1n) is 6.48. The van der Waals surface area contributed by atoms with Gasteiger partial charge in [-0.15, -0.1) is 0 Å². The highest BCUT2D eigenvalue weighted by atomic mass is 16.7. The lowest BCUT2D eigenvalue weighted by Gasteiger charge is -2.40. The van der Waals surface area contributed by atoms with Crippen LogP contribution in [0.4, 0.5) is 0 Å². The molecule has 2 fully saturated rings. The third-order valence-electron chi connectivity index (χ3n) is 3.57. The number of aliphatic hydroxyl groups excluding tert-OH is 7. The van der Waals surface area contributed by atoms with Crippen molar-refractivity contribution >= 4 is 0 Å². The highest BCUT2D eigenvalue weighted by molar-refractivity contribution is 4.89. The number of ether oxygens (including phenoxy) is 3. The molecule has 0 aromatic heterocycles. The van der Waals surface area contributed by atoms with Crippen LogP contribution in [-0.2, 0) is 14.2 Å². The summed E-state index contributed by atoms with van der Waals surface area (Å²) in [4.78, 5) is 0. The molecule has 2 saturated heterocycles. The van der Waals surface area contributed by atoms with E-state index in [0.717, 1.165) is 0 Å². The van der Waals surface area contributed by atoms with Crippen LogP contribution in [0.25, 0.3) is 0 Å². The topological polar surface area (TPSA) is 169 Å². The van der Waals surface area contributed by atoms with Gasteiger partial charge in [0.25, 0.3) is 0 Å². The lowest BCUT2D eigenvalue weighted by Crippen LogP contribution is -2.59. The molecule has 0 spiro atoms. The van der Waals surface area contributed by atoms with Crippen molar-refractivity contribution in [2.75, 3.05) is 13.2 Å². The summed E-state index contributed by atoms with van der Waals surface area (Å²) in [6.45, 7) is -0.631. The van der Waals surface area contributed by atoms with Crippen LogP contribution in [0.1, 0.15) is 0 Å². The molecule has 0 unspecified atom stereocenters. The van der Waals surface area contributed by atoms with Gasteiger partial charge in [0.05, 0.1) is 13.2 Å². The molecule has 124 valence electrons. The van der Waals surface area contributed by atoms with E-state index in [1.54, 1.807) is 0 Å². The summed E-state index contributed by atoms with van der Waals surface area (Å²) in [6.07, 6.45) is -13.1. The Morgan fingerprint density at radius 3 is 2.14 bits per heavy atom. The fraction of sp³-hybridized carbons (Fsp3) is 1.00. The first-order chi connectivity index (χ1) is 9.82. The van der Waals surface area contributed by atoms with Gasteiger partial charge in [-0.3, -0.25) is 0 Å². The van der Waals surface area contributed by atoms with Crippen molar-refractivity contribution in [3.63, 3.8) is 0 Å². The molecule has 2 heterocycles. The van der Waals surface area contributed by atoms with E-state index in [0.29, 0.717) is 0 Å². The van der Waals surface area contributed by atoms with Gasteiger partial charge in [-0.2, -0.15) is 0 Å². The highest BCUT2D eigenvalue weighted by Gasteiger charge is 2.44. The largest absolute Gasteiger partial charge is 0.388 e. The Morgan fingerprint density at radius 1 is 0.810 bits per heavy atom. The SMILES string of the molecule is O[C@@H]1[C@@H](O)[C@H](O)O[C@H](CO[C@H]2OC[C@@H](O)[C@@H](O)[C@@H]2O)[C@H]1O. The summed E-state index contributed by atoms with van der Waals surface area (Å²) in [5.74, 6) is 0. The third kappa shape index (κ3) is 3.51. The average molecular weight is 312 g/mol. The lowest BCUT2D eigenvalue weighted by atomic mass is 9.99. The zero-order chi connectivity index (χ0) is 15.7. The van der Waals surface area contributed by atoms with E-state index in [2.05, 4.69) is 0 Å². The fourth-order valence-electron chi connectivity index (χ4n) is 2.18. The molecule has 9 atom stereocenters. The minimum Gasteiger partial charge on any atom is -0.388 e. The second-order valence-electron chi connectivity index (χ2n) is 5.12. The van der Waals surface area contributed by atoms with Crippen molar-refractivity contribution < 1.29 is 50.0 Å². The van der Waals surface area contributed by atoms with Gasteiger partial charge in [0, 0.05) is 0 Å². The highest BCUT2D eigenvalue weighted by Crippen LogP contribution is 2.22. The number of rotatable bonds is 3. The Hall–Kier alpha value is -0.400. The zero-order valence-electron chi connectivity index (χ0n) is 11.0. The molecule has 0 amide bonds. The van der Waals surface area contributed by atoms with Crippen molar-refractivity contribution in [3.05, 3.63) is 0 Å². The van der Waals surface area contributed by atoms with E-state index in [1.165, 1.54) is 0 Å². The van der Waals surface area contributed by atoms with Crippen LogP contribution >= 0.6 is 0 Å². The molecule has 0 bridgehead atoms. The predicted octanol–water partition coefficient (Wildman–Crippen LogP) is -4.76. The average Bonchev–Trinajstić information content (AvgIpc) is 2.46. The molecule has 2 aliphatic heterocycles. The Bertz CT molecular complexity index is 341. The quantitative estimate of drug-likeness (QED) is 0.268. The second-order valence-corrected chi connectivity index (χ2v) is 5.12. The van der Waals surface area contributed by atoms with Crippen LogP contribution in [0, 0.1) is 0 Å². The minimum atomic E-state index is -1.69. The molecule has 0 aromatic rings. The molecule has 2 aliphatic rings. The molecule has 10 heteroatoms. The maximum absolute atomic E-state index is 9.70. The van der Waals surface area contributed by atoms with E-state index in [4.69, 9.17) is 14.2 Å². The van der Waals surface area contributed by atoms with Gasteiger partial charge in [-0.05, 0) is 0 Å². The second kappa shape index (κ2) is 6.79. The third-order valence-corrected chi connectivity index (χ3v) is 3.57. The van der Waals surface area contributed by atoms with E-state index in [9.17, 15) is 35.7 Å². The first-order valence-corrected chi connectivity index (χ1v) is 6.48.